The van der Waals surface area contributed by atoms with Crippen molar-refractivity contribution in [1.29, 1.82) is 0 Å². The Labute approximate surface area is 149 Å². The van der Waals surface area contributed by atoms with Gasteiger partial charge in [-0.3, -0.25) is 4.79 Å². The lowest BCUT2D eigenvalue weighted by Crippen LogP contribution is -2.41. The van der Waals surface area contributed by atoms with Crippen molar-refractivity contribution in [2.24, 2.45) is 0 Å². The van der Waals surface area contributed by atoms with Crippen LogP contribution in [0.1, 0.15) is 38.2 Å². The molecule has 0 aliphatic carbocycles. The number of carbonyl (C=O) groups is 2. The molecule has 1 heterocycles. The first-order valence-electron chi connectivity index (χ1n) is 8.92. The topological polar surface area (TPSA) is 65.1 Å². The smallest absolute Gasteiger partial charge is 0.410 e. The van der Waals surface area contributed by atoms with E-state index in [-0.39, 0.29) is 18.2 Å². The Kier molecular flexibility index (Phi) is 8.25. The van der Waals surface area contributed by atoms with Crippen molar-refractivity contribution in [3.8, 4) is 0 Å². The number of likely N-dealkylation sites (tertiary alicyclic amines) is 1. The molecule has 1 amide bonds. The minimum atomic E-state index is -0.274. The van der Waals surface area contributed by atoms with Crippen molar-refractivity contribution < 1.29 is 23.8 Å². The lowest BCUT2D eigenvalue weighted by Gasteiger charge is -2.31. The van der Waals surface area contributed by atoms with E-state index >= 15 is 0 Å². The summed E-state index contributed by atoms with van der Waals surface area (Å²) in [7, 11) is 0. The zero-order valence-corrected chi connectivity index (χ0v) is 14.8. The number of ether oxygens (including phenoxy) is 3. The van der Waals surface area contributed by atoms with Crippen molar-refractivity contribution in [2.75, 3.05) is 26.3 Å². The third-order valence-electron chi connectivity index (χ3n) is 4.09. The lowest BCUT2D eigenvalue weighted by molar-refractivity contribution is -0.143. The van der Waals surface area contributed by atoms with E-state index in [1.807, 2.05) is 30.3 Å². The van der Waals surface area contributed by atoms with Gasteiger partial charge >= 0.3 is 12.1 Å². The van der Waals surface area contributed by atoms with Crippen LogP contribution in [0.5, 0.6) is 0 Å². The predicted octanol–water partition coefficient (Wildman–Crippen LogP) is 3.15. The van der Waals surface area contributed by atoms with E-state index in [0.29, 0.717) is 45.8 Å². The number of hydrogen-bond donors (Lipinski definition) is 0. The summed E-state index contributed by atoms with van der Waals surface area (Å²) in [5.74, 6) is -0.179. The summed E-state index contributed by atoms with van der Waals surface area (Å²) >= 11 is 0. The molecule has 0 saturated carbocycles. The molecule has 0 radical (unpaired) electrons. The van der Waals surface area contributed by atoms with Gasteiger partial charge in [0.05, 0.1) is 12.7 Å². The predicted molar refractivity (Wildman–Crippen MR) is 93.0 cm³/mol. The molecule has 1 fully saturated rings. The number of amides is 1. The molecule has 1 aromatic rings. The zero-order valence-electron chi connectivity index (χ0n) is 14.8. The van der Waals surface area contributed by atoms with Gasteiger partial charge in [0.1, 0.15) is 6.61 Å². The maximum atomic E-state index is 12.1. The van der Waals surface area contributed by atoms with Crippen LogP contribution < -0.4 is 0 Å². The molecule has 138 valence electrons. The van der Waals surface area contributed by atoms with Crippen LogP contribution in [0.3, 0.4) is 0 Å². The Bertz CT molecular complexity index is 526. The Balaban J connectivity index is 1.57. The summed E-state index contributed by atoms with van der Waals surface area (Å²) in [6, 6.07) is 9.65. The highest BCUT2D eigenvalue weighted by Gasteiger charge is 2.24. The molecule has 0 atom stereocenters. The first-order chi connectivity index (χ1) is 12.2. The van der Waals surface area contributed by atoms with Gasteiger partial charge < -0.3 is 19.1 Å². The van der Waals surface area contributed by atoms with Gasteiger partial charge in [-0.05, 0) is 31.7 Å². The van der Waals surface area contributed by atoms with Crippen LogP contribution in [-0.2, 0) is 25.6 Å². The average molecular weight is 349 g/mol. The van der Waals surface area contributed by atoms with Gasteiger partial charge in [0.25, 0.3) is 0 Å². The fourth-order valence-corrected chi connectivity index (χ4v) is 2.72. The normalized spacial score (nSPS) is 15.0. The van der Waals surface area contributed by atoms with Gasteiger partial charge in [0.15, 0.2) is 0 Å². The van der Waals surface area contributed by atoms with E-state index in [0.717, 1.165) is 18.4 Å². The number of carbonyl (C=O) groups excluding carboxylic acids is 2. The maximum absolute atomic E-state index is 12.1. The molecular formula is C19H27NO5. The number of benzene rings is 1. The number of nitrogens with zero attached hydrogens (tertiary/aromatic N) is 1. The molecule has 0 N–H and O–H groups in total. The molecule has 0 spiro atoms. The van der Waals surface area contributed by atoms with Crippen LogP contribution in [0, 0.1) is 0 Å². The standard InChI is InChI=1S/C19H27NO5/c1-2-23-18(21)9-6-14-24-17-10-12-20(13-11-17)19(22)25-15-16-7-4-3-5-8-16/h3-5,7-8,17H,2,6,9-15H2,1H3. The van der Waals surface area contributed by atoms with Crippen LogP contribution in [0.15, 0.2) is 30.3 Å². The first kappa shape index (κ1) is 19.2. The van der Waals surface area contributed by atoms with Crippen molar-refractivity contribution >= 4 is 12.1 Å². The largest absolute Gasteiger partial charge is 0.466 e. The van der Waals surface area contributed by atoms with Gasteiger partial charge in [-0.1, -0.05) is 30.3 Å². The quantitative estimate of drug-likeness (QED) is 0.533. The summed E-state index contributed by atoms with van der Waals surface area (Å²) in [5, 5.41) is 0. The van der Waals surface area contributed by atoms with Gasteiger partial charge in [0.2, 0.25) is 0 Å². The van der Waals surface area contributed by atoms with Crippen LogP contribution >= 0.6 is 0 Å². The molecule has 25 heavy (non-hydrogen) atoms. The highest BCUT2D eigenvalue weighted by Crippen LogP contribution is 2.15. The number of esters is 1. The Morgan fingerprint density at radius 2 is 1.84 bits per heavy atom. The summed E-state index contributed by atoms with van der Waals surface area (Å²) in [4.78, 5) is 25.1. The summed E-state index contributed by atoms with van der Waals surface area (Å²) in [6.45, 7) is 4.32. The monoisotopic (exact) mass is 349 g/mol. The van der Waals surface area contributed by atoms with E-state index in [1.165, 1.54) is 0 Å². The SMILES string of the molecule is CCOC(=O)CCCOC1CCN(C(=O)OCc2ccccc2)CC1. The second-order valence-corrected chi connectivity index (χ2v) is 6.01. The molecule has 1 aromatic carbocycles. The molecule has 0 unspecified atom stereocenters. The Hall–Kier alpha value is -2.08. The third-order valence-corrected chi connectivity index (χ3v) is 4.09. The van der Waals surface area contributed by atoms with E-state index < -0.39 is 0 Å². The fourth-order valence-electron chi connectivity index (χ4n) is 2.72. The summed E-state index contributed by atoms with van der Waals surface area (Å²) in [6.07, 6.45) is 2.50. The lowest BCUT2D eigenvalue weighted by atomic mass is 10.1. The van der Waals surface area contributed by atoms with Crippen LogP contribution in [0.4, 0.5) is 4.79 Å². The molecule has 0 bridgehead atoms. The number of hydrogen-bond acceptors (Lipinski definition) is 5. The molecule has 1 aliphatic rings. The van der Waals surface area contributed by atoms with Crippen molar-refractivity contribution in [1.82, 2.24) is 4.90 Å². The number of piperidine rings is 1. The van der Waals surface area contributed by atoms with E-state index in [1.54, 1.807) is 11.8 Å². The van der Waals surface area contributed by atoms with E-state index in [4.69, 9.17) is 14.2 Å². The van der Waals surface area contributed by atoms with Crippen molar-refractivity contribution in [3.63, 3.8) is 0 Å². The van der Waals surface area contributed by atoms with Crippen LogP contribution in [0.25, 0.3) is 0 Å². The van der Waals surface area contributed by atoms with Crippen LogP contribution in [-0.4, -0.2) is 49.4 Å². The second kappa shape index (κ2) is 10.7. The van der Waals surface area contributed by atoms with Gasteiger partial charge in [0, 0.05) is 26.1 Å². The Morgan fingerprint density at radius 3 is 2.52 bits per heavy atom. The van der Waals surface area contributed by atoms with Crippen molar-refractivity contribution in [3.05, 3.63) is 35.9 Å². The van der Waals surface area contributed by atoms with Gasteiger partial charge in [-0.2, -0.15) is 0 Å². The molecule has 0 aromatic heterocycles. The summed E-state index contributed by atoms with van der Waals surface area (Å²) < 4.78 is 16.0. The minimum Gasteiger partial charge on any atom is -0.466 e. The average Bonchev–Trinajstić information content (AvgIpc) is 2.65. The Morgan fingerprint density at radius 1 is 1.12 bits per heavy atom. The minimum absolute atomic E-state index is 0.139. The molecular weight excluding hydrogens is 322 g/mol. The zero-order chi connectivity index (χ0) is 17.9. The molecule has 6 nitrogen and oxygen atoms in total. The van der Waals surface area contributed by atoms with E-state index in [2.05, 4.69) is 0 Å². The highest BCUT2D eigenvalue weighted by molar-refractivity contribution is 5.69. The second-order valence-electron chi connectivity index (χ2n) is 6.01. The van der Waals surface area contributed by atoms with Gasteiger partial charge in [-0.15, -0.1) is 0 Å². The number of rotatable bonds is 8. The first-order valence-corrected chi connectivity index (χ1v) is 8.92. The fraction of sp³-hybridized carbons (Fsp3) is 0.579. The highest BCUT2D eigenvalue weighted by atomic mass is 16.6. The van der Waals surface area contributed by atoms with E-state index in [9.17, 15) is 9.59 Å². The van der Waals surface area contributed by atoms with Gasteiger partial charge in [-0.25, -0.2) is 4.79 Å². The summed E-state index contributed by atoms with van der Waals surface area (Å²) in [5.41, 5.74) is 0.982. The molecule has 6 heteroatoms. The third kappa shape index (κ3) is 7.13. The van der Waals surface area contributed by atoms with Crippen LogP contribution in [0.2, 0.25) is 0 Å². The molecule has 1 aliphatic heterocycles. The van der Waals surface area contributed by atoms with Crippen molar-refractivity contribution in [2.45, 2.75) is 45.3 Å². The maximum Gasteiger partial charge on any atom is 0.410 e. The molecule has 1 saturated heterocycles. The molecule has 2 rings (SSSR count).